The maximum absolute atomic E-state index is 14.3. The van der Waals surface area contributed by atoms with Crippen LogP contribution in [0.1, 0.15) is 92.6 Å². The molecule has 1 aromatic rings. The van der Waals surface area contributed by atoms with E-state index in [0.717, 1.165) is 6.92 Å². The van der Waals surface area contributed by atoms with Gasteiger partial charge in [-0.05, 0) is 55.9 Å². The molecular formula is C46H76N14O13. The number of aliphatic hydroxyl groups is 1. The summed E-state index contributed by atoms with van der Waals surface area (Å²) >= 11 is 0. The fourth-order valence-electron chi connectivity index (χ4n) is 6.89. The van der Waals surface area contributed by atoms with Crippen LogP contribution in [0.2, 0.25) is 0 Å². The highest BCUT2D eigenvalue weighted by Crippen LogP contribution is 2.12. The maximum Gasteiger partial charge on any atom is 0.326 e. The Morgan fingerprint density at radius 1 is 0.562 bits per heavy atom. The normalized spacial score (nSPS) is 14.8. The SMILES string of the molecule is CC(C)C[C@H](NC(=O)[C@H](CC(N)=O)NC(=O)[C@H](CCCN=C(N)N)NC(=O)[C@@H](N)C(C)C)C(=O)N[C@@H](Cc1ccccc1)C(=O)N[C@@H](CC(C)C)C(=O)N[C@H](C(=O)NCC(=O)N[C@@H](CC(N)=O)C(=O)O)[C@@H](C)O. The van der Waals surface area contributed by atoms with Crippen LogP contribution in [0.15, 0.2) is 35.3 Å². The van der Waals surface area contributed by atoms with Crippen LogP contribution >= 0.6 is 0 Å². The van der Waals surface area contributed by atoms with E-state index >= 15 is 0 Å². The molecule has 408 valence electrons. The molecule has 27 nitrogen and oxygen atoms in total. The molecule has 0 fully saturated rings. The van der Waals surface area contributed by atoms with Gasteiger partial charge in [0, 0.05) is 13.0 Å². The molecule has 1 rings (SSSR count). The minimum absolute atomic E-state index is 0.0245. The summed E-state index contributed by atoms with van der Waals surface area (Å²) in [7, 11) is 0. The summed E-state index contributed by atoms with van der Waals surface area (Å²) in [5.41, 5.74) is 27.9. The van der Waals surface area contributed by atoms with Crippen molar-refractivity contribution in [1.82, 2.24) is 42.5 Å². The Kier molecular flexibility index (Phi) is 27.7. The van der Waals surface area contributed by atoms with Crippen molar-refractivity contribution >= 4 is 71.0 Å². The fourth-order valence-corrected chi connectivity index (χ4v) is 6.89. The summed E-state index contributed by atoms with van der Waals surface area (Å²) in [6.45, 7) is 10.8. The summed E-state index contributed by atoms with van der Waals surface area (Å²) in [5, 5.41) is 39.2. The molecule has 27 heteroatoms. The highest BCUT2D eigenvalue weighted by molar-refractivity contribution is 5.99. The Morgan fingerprint density at radius 3 is 1.49 bits per heavy atom. The monoisotopic (exact) mass is 1030 g/mol. The van der Waals surface area contributed by atoms with Crippen molar-refractivity contribution in [3.05, 3.63) is 35.9 Å². The van der Waals surface area contributed by atoms with E-state index in [1.54, 1.807) is 71.9 Å². The van der Waals surface area contributed by atoms with Gasteiger partial charge >= 0.3 is 5.97 Å². The summed E-state index contributed by atoms with van der Waals surface area (Å²) in [5.74, 6) is -12.0. The van der Waals surface area contributed by atoms with E-state index < -0.39 is 139 Å². The van der Waals surface area contributed by atoms with Crippen LogP contribution in [0.3, 0.4) is 0 Å². The van der Waals surface area contributed by atoms with E-state index in [9.17, 15) is 63.0 Å². The van der Waals surface area contributed by atoms with Gasteiger partial charge in [-0.2, -0.15) is 0 Å². The number of nitrogens with zero attached hydrogens (tertiary/aromatic N) is 1. The molecule has 0 aliphatic heterocycles. The van der Waals surface area contributed by atoms with E-state index in [2.05, 4.69) is 42.2 Å². The minimum Gasteiger partial charge on any atom is -0.480 e. The molecule has 20 N–H and O–H groups in total. The van der Waals surface area contributed by atoms with Crippen molar-refractivity contribution in [1.29, 1.82) is 0 Å². The molecule has 73 heavy (non-hydrogen) atoms. The number of nitrogens with one attached hydrogen (secondary N) is 8. The van der Waals surface area contributed by atoms with Crippen molar-refractivity contribution in [3.63, 3.8) is 0 Å². The fraction of sp³-hybridized carbons (Fsp3) is 0.609. The van der Waals surface area contributed by atoms with Crippen molar-refractivity contribution in [2.24, 2.45) is 51.4 Å². The highest BCUT2D eigenvalue weighted by atomic mass is 16.4. The van der Waals surface area contributed by atoms with Crippen molar-refractivity contribution in [2.75, 3.05) is 13.1 Å². The molecule has 0 radical (unpaired) electrons. The van der Waals surface area contributed by atoms with Gasteiger partial charge in [0.1, 0.15) is 42.3 Å². The molecule has 10 amide bonds. The molecule has 0 aliphatic carbocycles. The van der Waals surface area contributed by atoms with Gasteiger partial charge in [-0.3, -0.25) is 52.9 Å². The first kappa shape index (κ1) is 63.6. The number of hydrogen-bond acceptors (Lipinski definition) is 14. The van der Waals surface area contributed by atoms with Gasteiger partial charge in [0.05, 0.1) is 31.5 Å². The first-order chi connectivity index (χ1) is 34.0. The number of guanidine groups is 1. The first-order valence-corrected chi connectivity index (χ1v) is 23.7. The first-order valence-electron chi connectivity index (χ1n) is 23.7. The van der Waals surface area contributed by atoms with E-state index in [4.69, 9.17) is 28.7 Å². The third-order valence-electron chi connectivity index (χ3n) is 10.8. The molecule has 1 aromatic carbocycles. The second kappa shape index (κ2) is 31.8. The molecule has 0 bridgehead atoms. The number of carbonyl (C=O) groups excluding carboxylic acids is 10. The zero-order valence-corrected chi connectivity index (χ0v) is 42.4. The van der Waals surface area contributed by atoms with Crippen LogP contribution in [0, 0.1) is 17.8 Å². The predicted octanol–water partition coefficient (Wildman–Crippen LogP) is -4.92. The van der Waals surface area contributed by atoms with Gasteiger partial charge in [-0.15, -0.1) is 0 Å². The number of carboxylic acids is 1. The maximum atomic E-state index is 14.3. The van der Waals surface area contributed by atoms with Crippen molar-refractivity contribution in [2.45, 2.75) is 148 Å². The number of aliphatic hydroxyl groups excluding tert-OH is 1. The van der Waals surface area contributed by atoms with Crippen LogP contribution in [-0.2, 0) is 59.2 Å². The lowest BCUT2D eigenvalue weighted by Crippen LogP contribution is -2.61. The molecule has 0 aromatic heterocycles. The number of aliphatic imine (C=N–C) groups is 1. The van der Waals surface area contributed by atoms with E-state index in [1.165, 1.54) is 0 Å². The summed E-state index contributed by atoms with van der Waals surface area (Å²) < 4.78 is 0. The van der Waals surface area contributed by atoms with Crippen molar-refractivity contribution in [3.8, 4) is 0 Å². The molecule has 0 saturated carbocycles. The predicted molar refractivity (Wildman–Crippen MR) is 265 cm³/mol. The average molecular weight is 1030 g/mol. The summed E-state index contributed by atoms with van der Waals surface area (Å²) in [6.07, 6.45) is -3.07. The molecule has 0 heterocycles. The van der Waals surface area contributed by atoms with Crippen LogP contribution < -0.4 is 71.2 Å². The number of amides is 10. The Hall–Kier alpha value is -7.42. The topological polar surface area (TPSA) is 467 Å². The third-order valence-corrected chi connectivity index (χ3v) is 10.8. The van der Waals surface area contributed by atoms with Crippen LogP contribution in [0.5, 0.6) is 0 Å². The summed E-state index contributed by atoms with van der Waals surface area (Å²) in [4.78, 5) is 147. The Morgan fingerprint density at radius 2 is 1.01 bits per heavy atom. The van der Waals surface area contributed by atoms with Crippen LogP contribution in [0.4, 0.5) is 0 Å². The highest BCUT2D eigenvalue weighted by Gasteiger charge is 2.36. The largest absolute Gasteiger partial charge is 0.480 e. The summed E-state index contributed by atoms with van der Waals surface area (Å²) in [6, 6.07) is -3.13. The number of primary amides is 2. The zero-order chi connectivity index (χ0) is 55.7. The average Bonchev–Trinajstić information content (AvgIpc) is 3.28. The smallest absolute Gasteiger partial charge is 0.326 e. The van der Waals surface area contributed by atoms with Crippen molar-refractivity contribution < 1.29 is 63.0 Å². The lowest BCUT2D eigenvalue weighted by atomic mass is 9.99. The van der Waals surface area contributed by atoms with E-state index in [-0.39, 0.29) is 62.4 Å². The second-order valence-corrected chi connectivity index (χ2v) is 18.7. The molecule has 0 aliphatic rings. The standard InChI is InChI=1S/C46H76N14O13/c1-22(2)16-28(56-41(68)31(19-33(47)62)59-38(65)27(14-11-15-52-46(50)51)55-43(70)36(49)24(5)6)39(66)58-30(18-26-12-9-8-10-13-26)40(67)57-29(17-23(3)4)42(69)60-37(25(7)61)44(71)53-21-35(64)54-32(45(72)73)20-34(48)63/h8-10,12-13,22-25,27-32,36-37,61H,11,14-21,49H2,1-7H3,(H2,47,62)(H2,48,63)(H,53,71)(H,54,64)(H,55,70)(H,56,68)(H,57,67)(H,58,66)(H,59,65)(H,60,69)(H,72,73)(H4,50,51,52)/t25-,27+,28+,29+,30+,31+,32+,36+,37+/m1/s1. The van der Waals surface area contributed by atoms with Gasteiger partial charge in [0.15, 0.2) is 5.96 Å². The van der Waals surface area contributed by atoms with Gasteiger partial charge in [0.25, 0.3) is 0 Å². The zero-order valence-electron chi connectivity index (χ0n) is 42.4. The number of carbonyl (C=O) groups is 11. The Balaban J connectivity index is 3.49. The lowest BCUT2D eigenvalue weighted by molar-refractivity contribution is -0.143. The lowest BCUT2D eigenvalue weighted by Gasteiger charge is -2.29. The number of nitrogens with two attached hydrogens (primary N) is 5. The number of benzene rings is 1. The van der Waals surface area contributed by atoms with E-state index in [1.807, 2.05) is 5.32 Å². The number of aliphatic carboxylic acids is 1. The third kappa shape index (κ3) is 25.0. The number of hydrogen-bond donors (Lipinski definition) is 15. The minimum atomic E-state index is -1.71. The molecule has 0 spiro atoms. The van der Waals surface area contributed by atoms with Gasteiger partial charge < -0.3 is 81.4 Å². The number of rotatable bonds is 33. The molecular weight excluding hydrogens is 957 g/mol. The second-order valence-electron chi connectivity index (χ2n) is 18.7. The van der Waals surface area contributed by atoms with Gasteiger partial charge in [0.2, 0.25) is 59.1 Å². The van der Waals surface area contributed by atoms with Crippen LogP contribution in [-0.4, -0.2) is 149 Å². The Labute approximate surface area is 423 Å². The molecule has 0 saturated heterocycles. The van der Waals surface area contributed by atoms with Crippen LogP contribution in [0.25, 0.3) is 0 Å². The van der Waals surface area contributed by atoms with Gasteiger partial charge in [-0.25, -0.2) is 4.79 Å². The number of carboxylic acid groups (broad SMARTS) is 1. The Bertz CT molecular complexity index is 2100. The van der Waals surface area contributed by atoms with Gasteiger partial charge in [-0.1, -0.05) is 71.9 Å². The molecule has 9 atom stereocenters. The quantitative estimate of drug-likeness (QED) is 0.0178. The molecule has 0 unspecified atom stereocenters. The van der Waals surface area contributed by atoms with E-state index in [0.29, 0.717) is 5.56 Å².